The van der Waals surface area contributed by atoms with Crippen LogP contribution in [-0.4, -0.2) is 12.1 Å². The fourth-order valence-electron chi connectivity index (χ4n) is 1.45. The Balaban J connectivity index is 2.62. The first-order chi connectivity index (χ1) is 7.31. The molecule has 0 unspecified atom stereocenters. The molecule has 1 aromatic carbocycles. The molecule has 3 nitrogen and oxygen atoms in total. The minimum atomic E-state index is 0.0140. The van der Waals surface area contributed by atoms with Gasteiger partial charge in [0, 0.05) is 22.7 Å². The van der Waals surface area contributed by atoms with Crippen LogP contribution in [0.5, 0.6) is 0 Å². The molecule has 76 valence electrons. The summed E-state index contributed by atoms with van der Waals surface area (Å²) in [4.78, 5) is 14.8. The number of hydrogen-bond acceptors (Lipinski definition) is 2. The Morgan fingerprint density at radius 2 is 2.13 bits per heavy atom. The first-order valence-corrected chi connectivity index (χ1v) is 4.62. The number of methoxy groups -OCH3 is 1. The highest BCUT2D eigenvalue weighted by Crippen LogP contribution is 2.07. The van der Waals surface area contributed by atoms with E-state index in [9.17, 15) is 4.79 Å². The SMILES string of the molecule is CO/C=C/c1cc(=O)c2ccccc2[nH]1. The van der Waals surface area contributed by atoms with Crippen LogP contribution in [0.15, 0.2) is 41.4 Å². The largest absolute Gasteiger partial charge is 0.504 e. The average Bonchev–Trinajstić information content (AvgIpc) is 2.26. The van der Waals surface area contributed by atoms with Crippen molar-refractivity contribution in [2.75, 3.05) is 7.11 Å². The van der Waals surface area contributed by atoms with Crippen molar-refractivity contribution in [2.45, 2.75) is 0 Å². The van der Waals surface area contributed by atoms with Gasteiger partial charge in [-0.05, 0) is 18.2 Å². The number of nitrogens with one attached hydrogen (secondary N) is 1. The highest BCUT2D eigenvalue weighted by molar-refractivity contribution is 5.79. The zero-order valence-electron chi connectivity index (χ0n) is 8.36. The monoisotopic (exact) mass is 201 g/mol. The number of aromatic amines is 1. The molecule has 0 fully saturated rings. The van der Waals surface area contributed by atoms with E-state index in [1.807, 2.05) is 18.2 Å². The molecule has 0 aliphatic carbocycles. The molecular weight excluding hydrogens is 190 g/mol. The number of fused-ring (bicyclic) bond motifs is 1. The number of ether oxygens (including phenoxy) is 1. The van der Waals surface area contributed by atoms with Gasteiger partial charge in [-0.1, -0.05) is 12.1 Å². The summed E-state index contributed by atoms with van der Waals surface area (Å²) in [6.45, 7) is 0. The van der Waals surface area contributed by atoms with Gasteiger partial charge in [0.25, 0.3) is 0 Å². The number of para-hydroxylation sites is 1. The number of aromatic nitrogens is 1. The molecule has 3 heteroatoms. The third kappa shape index (κ3) is 1.91. The average molecular weight is 201 g/mol. The van der Waals surface area contributed by atoms with Crippen molar-refractivity contribution in [2.24, 2.45) is 0 Å². The summed E-state index contributed by atoms with van der Waals surface area (Å²) in [5, 5.41) is 0.701. The molecule has 0 aliphatic heterocycles. The second kappa shape index (κ2) is 4.00. The lowest BCUT2D eigenvalue weighted by Gasteiger charge is -1.99. The maximum atomic E-state index is 11.7. The third-order valence-corrected chi connectivity index (χ3v) is 2.14. The molecule has 1 aromatic heterocycles. The van der Waals surface area contributed by atoms with Crippen LogP contribution in [-0.2, 0) is 4.74 Å². The number of hydrogen-bond donors (Lipinski definition) is 1. The van der Waals surface area contributed by atoms with Crippen molar-refractivity contribution >= 4 is 17.0 Å². The van der Waals surface area contributed by atoms with Crippen LogP contribution < -0.4 is 5.43 Å². The van der Waals surface area contributed by atoms with Gasteiger partial charge in [-0.3, -0.25) is 4.79 Å². The lowest BCUT2D eigenvalue weighted by Crippen LogP contribution is -2.02. The lowest BCUT2D eigenvalue weighted by molar-refractivity contribution is 0.341. The standard InChI is InChI=1S/C12H11NO2/c1-15-7-6-9-8-12(14)10-4-2-3-5-11(10)13-9/h2-8H,1H3,(H,13,14)/b7-6+. The van der Waals surface area contributed by atoms with Crippen LogP contribution in [0.25, 0.3) is 17.0 Å². The molecular formula is C12H11NO2. The molecule has 0 aliphatic rings. The molecule has 0 amide bonds. The summed E-state index contributed by atoms with van der Waals surface area (Å²) in [5.41, 5.74) is 1.58. The van der Waals surface area contributed by atoms with Crippen molar-refractivity contribution in [3.63, 3.8) is 0 Å². The quantitative estimate of drug-likeness (QED) is 0.756. The van der Waals surface area contributed by atoms with Crippen LogP contribution in [0.3, 0.4) is 0 Å². The van der Waals surface area contributed by atoms with Gasteiger partial charge in [-0.25, -0.2) is 0 Å². The Labute approximate surface area is 87.0 Å². The summed E-state index contributed by atoms with van der Waals surface area (Å²) in [6, 6.07) is 8.97. The Kier molecular flexibility index (Phi) is 2.54. The minimum absolute atomic E-state index is 0.0140. The molecule has 0 radical (unpaired) electrons. The van der Waals surface area contributed by atoms with Gasteiger partial charge in [0.15, 0.2) is 5.43 Å². The van der Waals surface area contributed by atoms with E-state index >= 15 is 0 Å². The summed E-state index contributed by atoms with van der Waals surface area (Å²) in [6.07, 6.45) is 3.24. The lowest BCUT2D eigenvalue weighted by atomic mass is 10.2. The molecule has 0 saturated carbocycles. The van der Waals surface area contributed by atoms with E-state index in [1.54, 1.807) is 25.3 Å². The fourth-order valence-corrected chi connectivity index (χ4v) is 1.45. The van der Waals surface area contributed by atoms with Gasteiger partial charge in [0.2, 0.25) is 0 Å². The van der Waals surface area contributed by atoms with E-state index < -0.39 is 0 Å². The fraction of sp³-hybridized carbons (Fsp3) is 0.0833. The summed E-state index contributed by atoms with van der Waals surface area (Å²) < 4.78 is 4.80. The second-order valence-corrected chi connectivity index (χ2v) is 3.17. The van der Waals surface area contributed by atoms with Gasteiger partial charge in [-0.2, -0.15) is 0 Å². The van der Waals surface area contributed by atoms with Gasteiger partial charge >= 0.3 is 0 Å². The van der Waals surface area contributed by atoms with Gasteiger partial charge in [0.1, 0.15) is 0 Å². The van der Waals surface area contributed by atoms with Crippen molar-refractivity contribution in [1.29, 1.82) is 0 Å². The maximum absolute atomic E-state index is 11.7. The Hall–Kier alpha value is -2.03. The molecule has 0 atom stereocenters. The van der Waals surface area contributed by atoms with Gasteiger partial charge < -0.3 is 9.72 Å². The second-order valence-electron chi connectivity index (χ2n) is 3.17. The van der Waals surface area contributed by atoms with Crippen molar-refractivity contribution in [3.8, 4) is 0 Å². The maximum Gasteiger partial charge on any atom is 0.189 e. The Morgan fingerprint density at radius 3 is 2.93 bits per heavy atom. The van der Waals surface area contributed by atoms with Crippen LogP contribution in [0.1, 0.15) is 5.69 Å². The van der Waals surface area contributed by atoms with Crippen molar-refractivity contribution < 1.29 is 4.74 Å². The predicted molar refractivity (Wildman–Crippen MR) is 60.6 cm³/mol. The summed E-state index contributed by atoms with van der Waals surface area (Å²) in [5.74, 6) is 0. The van der Waals surface area contributed by atoms with E-state index in [0.29, 0.717) is 5.39 Å². The number of rotatable bonds is 2. The van der Waals surface area contributed by atoms with Gasteiger partial charge in [0.05, 0.1) is 13.4 Å². The smallest absolute Gasteiger partial charge is 0.189 e. The Morgan fingerprint density at radius 1 is 1.33 bits per heavy atom. The van der Waals surface area contributed by atoms with Gasteiger partial charge in [-0.15, -0.1) is 0 Å². The molecule has 0 spiro atoms. The van der Waals surface area contributed by atoms with E-state index in [2.05, 4.69) is 4.98 Å². The van der Waals surface area contributed by atoms with Crippen LogP contribution in [0, 0.1) is 0 Å². The summed E-state index contributed by atoms with van der Waals surface area (Å²) in [7, 11) is 1.57. The van der Waals surface area contributed by atoms with E-state index in [-0.39, 0.29) is 5.43 Å². The third-order valence-electron chi connectivity index (χ3n) is 2.14. The molecule has 0 saturated heterocycles. The van der Waals surface area contributed by atoms with Crippen LogP contribution in [0.4, 0.5) is 0 Å². The normalized spacial score (nSPS) is 11.0. The highest BCUT2D eigenvalue weighted by Gasteiger charge is 1.98. The topological polar surface area (TPSA) is 42.1 Å². The van der Waals surface area contributed by atoms with Crippen molar-refractivity contribution in [1.82, 2.24) is 4.98 Å². The zero-order valence-corrected chi connectivity index (χ0v) is 8.36. The zero-order chi connectivity index (χ0) is 10.7. The molecule has 2 rings (SSSR count). The van der Waals surface area contributed by atoms with Crippen molar-refractivity contribution in [3.05, 3.63) is 52.5 Å². The number of pyridine rings is 1. The highest BCUT2D eigenvalue weighted by atomic mass is 16.5. The first-order valence-electron chi connectivity index (χ1n) is 4.62. The predicted octanol–water partition coefficient (Wildman–Crippen LogP) is 2.15. The molecule has 2 aromatic rings. The van der Waals surface area contributed by atoms with Crippen LogP contribution >= 0.6 is 0 Å². The Bertz CT molecular complexity index is 555. The van der Waals surface area contributed by atoms with E-state index in [4.69, 9.17) is 4.74 Å². The first kappa shape index (κ1) is 9.52. The molecule has 15 heavy (non-hydrogen) atoms. The summed E-state index contributed by atoms with van der Waals surface area (Å²) >= 11 is 0. The van der Waals surface area contributed by atoms with Crippen LogP contribution in [0.2, 0.25) is 0 Å². The van der Waals surface area contributed by atoms with E-state index in [1.165, 1.54) is 6.26 Å². The minimum Gasteiger partial charge on any atom is -0.504 e. The number of benzene rings is 1. The molecule has 1 N–H and O–H groups in total. The van der Waals surface area contributed by atoms with E-state index in [0.717, 1.165) is 11.2 Å². The molecule has 0 bridgehead atoms. The number of H-pyrrole nitrogens is 1. The molecule has 1 heterocycles.